The van der Waals surface area contributed by atoms with E-state index < -0.39 is 29.0 Å². The molecule has 0 saturated carbocycles. The first-order valence-corrected chi connectivity index (χ1v) is 23.5. The third kappa shape index (κ3) is 7.32. The molecule has 0 fully saturated rings. The van der Waals surface area contributed by atoms with Gasteiger partial charge in [0.1, 0.15) is 0 Å². The molecule has 0 aliphatic heterocycles. The third-order valence-corrected chi connectivity index (χ3v) is 21.5. The van der Waals surface area contributed by atoms with Crippen LogP contribution in [-0.2, 0) is 28.9 Å². The second kappa shape index (κ2) is 14.1. The topological polar surface area (TPSA) is 61.8 Å². The number of hydrogen-bond acceptors (Lipinski definition) is 5. The van der Waals surface area contributed by atoms with Crippen molar-refractivity contribution in [3.63, 3.8) is 0 Å². The van der Waals surface area contributed by atoms with Crippen molar-refractivity contribution < 1.29 is 39.3 Å². The van der Waals surface area contributed by atoms with Crippen LogP contribution in [0, 0.1) is 10.7 Å². The van der Waals surface area contributed by atoms with E-state index in [4.69, 9.17) is 12.0 Å². The molecule has 0 bridgehead atoms. The summed E-state index contributed by atoms with van der Waals surface area (Å²) < 4.78 is 51.6. The monoisotopic (exact) mass is 843 g/mol. The van der Waals surface area contributed by atoms with Gasteiger partial charge in [0, 0.05) is 0 Å². The maximum atomic E-state index is 15.1. The van der Waals surface area contributed by atoms with E-state index in [-0.39, 0.29) is 21.1 Å². The van der Waals surface area contributed by atoms with Gasteiger partial charge in [-0.1, -0.05) is 0 Å². The number of benzene rings is 6. The van der Waals surface area contributed by atoms with Crippen LogP contribution in [0.4, 0.5) is 0 Å². The van der Waals surface area contributed by atoms with Crippen LogP contribution in [0.5, 0.6) is 11.5 Å². The minimum absolute atomic E-state index is 0.0533. The van der Waals surface area contributed by atoms with E-state index in [0.29, 0.717) is 16.9 Å². The number of rotatable bonds is 8. The van der Waals surface area contributed by atoms with Crippen LogP contribution in [0.1, 0.15) is 79.0 Å². The zero-order valence-corrected chi connectivity index (χ0v) is 35.8. The molecule has 0 saturated heterocycles. The number of halogens is 1. The zero-order valence-electron chi connectivity index (χ0n) is 32.8. The van der Waals surface area contributed by atoms with Gasteiger partial charge >= 0.3 is 323 Å². The van der Waals surface area contributed by atoms with Gasteiger partial charge in [-0.05, 0) is 0 Å². The van der Waals surface area contributed by atoms with Gasteiger partial charge in [-0.3, -0.25) is 0 Å². The molecule has 0 spiro atoms. The summed E-state index contributed by atoms with van der Waals surface area (Å²) in [4.78, 5) is 0.0533. The summed E-state index contributed by atoms with van der Waals surface area (Å²) in [5.74, 6) is 1.23. The Hall–Kier alpha value is -3.92. The molecule has 278 valence electrons. The van der Waals surface area contributed by atoms with Gasteiger partial charge in [-0.15, -0.1) is 0 Å². The molecule has 6 rings (SSSR count). The molecule has 0 aromatic heterocycles. The van der Waals surface area contributed by atoms with Gasteiger partial charge in [-0.2, -0.15) is 0 Å². The number of methoxy groups -OCH3 is 2. The van der Waals surface area contributed by atoms with Crippen LogP contribution >= 0.6 is 0 Å². The zero-order chi connectivity index (χ0) is 38.6. The van der Waals surface area contributed by atoms with Gasteiger partial charge in [0.15, 0.2) is 0 Å². The quantitative estimate of drug-likeness (QED) is 0.114. The molecule has 0 radical (unpaired) electrons. The Kier molecular flexibility index (Phi) is 10.3. The molecule has 0 N–H and O–H groups in total. The molecule has 0 unspecified atom stereocenters. The van der Waals surface area contributed by atoms with E-state index in [0.717, 1.165) is 43.6 Å². The molecule has 6 aromatic rings. The SMILES string of the molecule is COc1c2ccccc2c(OC)c2cc(S(=O)(=O)O[I+](c3ccc(C(C)(C)C)cc3)(c3ccc(C(C)(C)C)cc3)c3ccc(C(C)(C)C)cc3)ccc12. The van der Waals surface area contributed by atoms with Gasteiger partial charge < -0.3 is 0 Å². The van der Waals surface area contributed by atoms with Crippen molar-refractivity contribution in [3.8, 4) is 11.5 Å². The maximum absolute atomic E-state index is 15.1. The Morgan fingerprint density at radius 2 is 0.792 bits per heavy atom. The second-order valence-corrected chi connectivity index (χ2v) is 25.9. The molecule has 7 heteroatoms. The van der Waals surface area contributed by atoms with Gasteiger partial charge in [0.25, 0.3) is 0 Å². The van der Waals surface area contributed by atoms with Crippen LogP contribution in [0.25, 0.3) is 21.5 Å². The first-order chi connectivity index (χ1) is 24.8. The summed E-state index contributed by atoms with van der Waals surface area (Å²) in [6, 6.07) is 38.1. The summed E-state index contributed by atoms with van der Waals surface area (Å²) >= 11 is -4.45. The van der Waals surface area contributed by atoms with Crippen molar-refractivity contribution in [2.45, 2.75) is 83.5 Å². The van der Waals surface area contributed by atoms with Crippen molar-refractivity contribution in [1.82, 2.24) is 0 Å². The van der Waals surface area contributed by atoms with Crippen LogP contribution in [0.2, 0.25) is 0 Å². The normalized spacial score (nSPS) is 13.3. The number of fused-ring (bicyclic) bond motifs is 2. The standard InChI is InChI=1S/C46H52IO5S/c1-44(2,3)31-16-22-34(23-17-31)47(35-24-18-32(19-25-35)45(4,5)6,36-26-20-33(21-27-36)46(7,8)9)52-53(48,49)37-28-29-40-41(30-37)43(51-11)39-15-13-12-14-38(39)42(40)50-10/h12-30H,1-11H3/q+1. The molecule has 0 heterocycles. The Balaban J connectivity index is 1.64. The van der Waals surface area contributed by atoms with Crippen molar-refractivity contribution in [1.29, 1.82) is 0 Å². The number of hydrogen-bond donors (Lipinski definition) is 0. The van der Waals surface area contributed by atoms with E-state index in [1.807, 2.05) is 24.3 Å². The van der Waals surface area contributed by atoms with Crippen LogP contribution in [-0.4, -0.2) is 22.6 Å². The fourth-order valence-corrected chi connectivity index (χ4v) is 18.6. The molecule has 0 atom stereocenters. The summed E-state index contributed by atoms with van der Waals surface area (Å²) in [5, 5.41) is 3.10. The Morgan fingerprint density at radius 3 is 1.13 bits per heavy atom. The van der Waals surface area contributed by atoms with E-state index in [9.17, 15) is 0 Å². The van der Waals surface area contributed by atoms with Crippen molar-refractivity contribution in [2.75, 3.05) is 14.2 Å². The molecule has 0 aliphatic rings. The predicted molar refractivity (Wildman–Crippen MR) is 214 cm³/mol. The first-order valence-electron chi connectivity index (χ1n) is 17.9. The third-order valence-electron chi connectivity index (χ3n) is 9.82. The van der Waals surface area contributed by atoms with Gasteiger partial charge in [0.2, 0.25) is 0 Å². The predicted octanol–water partition coefficient (Wildman–Crippen LogP) is 8.29. The summed E-state index contributed by atoms with van der Waals surface area (Å²) in [5.41, 5.74) is 3.23. The molecule has 0 amide bonds. The van der Waals surface area contributed by atoms with Crippen LogP contribution in [0.3, 0.4) is 0 Å². The second-order valence-electron chi connectivity index (χ2n) is 16.6. The average molecular weight is 844 g/mol. The fraction of sp³-hybridized carbons (Fsp3) is 0.304. The van der Waals surface area contributed by atoms with Crippen LogP contribution < -0.4 is 28.3 Å². The van der Waals surface area contributed by atoms with Crippen molar-refractivity contribution in [2.24, 2.45) is 0 Å². The Morgan fingerprint density at radius 1 is 0.453 bits per heavy atom. The molecule has 6 aromatic carbocycles. The molecule has 0 aliphatic carbocycles. The van der Waals surface area contributed by atoms with Crippen molar-refractivity contribution in [3.05, 3.63) is 143 Å². The summed E-state index contributed by atoms with van der Waals surface area (Å²) in [7, 11) is -1.15. The number of ether oxygens (including phenoxy) is 2. The molecular formula is C46H52IO5S+. The molecule has 53 heavy (non-hydrogen) atoms. The minimum atomic E-state index is -4.45. The first kappa shape index (κ1) is 38.8. The Bertz CT molecular complexity index is 2240. The summed E-state index contributed by atoms with van der Waals surface area (Å²) in [6.45, 7) is 19.6. The Labute approximate surface area is 320 Å². The van der Waals surface area contributed by atoms with Gasteiger partial charge in [-0.25, -0.2) is 0 Å². The van der Waals surface area contributed by atoms with E-state index >= 15 is 8.42 Å². The average Bonchev–Trinajstić information content (AvgIpc) is 3.11. The molecular weight excluding hydrogens is 791 g/mol. The van der Waals surface area contributed by atoms with E-state index in [1.54, 1.807) is 32.4 Å². The summed E-state index contributed by atoms with van der Waals surface area (Å²) in [6.07, 6.45) is 0. The van der Waals surface area contributed by atoms with Crippen molar-refractivity contribution >= 4 is 31.7 Å². The molecule has 5 nitrogen and oxygen atoms in total. The van der Waals surface area contributed by atoms with E-state index in [1.165, 1.54) is 0 Å². The van der Waals surface area contributed by atoms with Crippen LogP contribution in [0.15, 0.2) is 120 Å². The van der Waals surface area contributed by atoms with Gasteiger partial charge in [0.05, 0.1) is 0 Å². The van der Waals surface area contributed by atoms with E-state index in [2.05, 4.69) is 135 Å². The fourth-order valence-electron chi connectivity index (χ4n) is 6.70.